The molecule has 0 saturated carbocycles. The SMILES string of the molecule is CC(C)(CC(=O)[O-])CC(=O)NCCCS(=O)(=O)[O-].[Na+].[Na+]. The molecule has 0 fully saturated rings. The van der Waals surface area contributed by atoms with Crippen molar-refractivity contribution in [2.75, 3.05) is 12.3 Å². The molecule has 0 unspecified atom stereocenters. The molecule has 0 spiro atoms. The summed E-state index contributed by atoms with van der Waals surface area (Å²) in [6.07, 6.45) is -0.209. The van der Waals surface area contributed by atoms with E-state index in [9.17, 15) is 27.7 Å². The second-order valence-electron chi connectivity index (χ2n) is 4.86. The molecule has 0 aliphatic rings. The third-order valence-corrected chi connectivity index (χ3v) is 2.94. The van der Waals surface area contributed by atoms with Gasteiger partial charge in [-0.15, -0.1) is 0 Å². The normalized spacial score (nSPS) is 10.9. The van der Waals surface area contributed by atoms with Crippen LogP contribution in [0.15, 0.2) is 0 Å². The van der Waals surface area contributed by atoms with E-state index in [-0.39, 0.29) is 90.8 Å². The van der Waals surface area contributed by atoms with E-state index in [0.29, 0.717) is 0 Å². The van der Waals surface area contributed by atoms with Crippen molar-refractivity contribution in [3.05, 3.63) is 0 Å². The van der Waals surface area contributed by atoms with Gasteiger partial charge in [0.2, 0.25) is 5.91 Å². The van der Waals surface area contributed by atoms with Crippen molar-refractivity contribution in [2.24, 2.45) is 5.41 Å². The maximum atomic E-state index is 11.4. The van der Waals surface area contributed by atoms with Gasteiger partial charge in [-0.3, -0.25) is 4.79 Å². The van der Waals surface area contributed by atoms with E-state index in [1.54, 1.807) is 13.8 Å². The maximum Gasteiger partial charge on any atom is 1.00 e. The Labute approximate surface area is 163 Å². The Balaban J connectivity index is -0.00000144. The first-order valence-electron chi connectivity index (χ1n) is 5.42. The summed E-state index contributed by atoms with van der Waals surface area (Å²) in [7, 11) is -4.26. The minimum absolute atomic E-state index is 0. The number of hydrogen-bond acceptors (Lipinski definition) is 6. The van der Waals surface area contributed by atoms with Gasteiger partial charge in [-0.05, 0) is 18.3 Å². The molecule has 10 heteroatoms. The van der Waals surface area contributed by atoms with Gasteiger partial charge in [-0.1, -0.05) is 13.8 Å². The second kappa shape index (κ2) is 11.4. The van der Waals surface area contributed by atoms with Gasteiger partial charge in [0.15, 0.2) is 0 Å². The number of hydrogen-bond donors (Lipinski definition) is 1. The number of carbonyl (C=O) groups is 2. The minimum atomic E-state index is -4.26. The Morgan fingerprint density at radius 1 is 1.15 bits per heavy atom. The Bertz CT molecular complexity index is 410. The molecule has 0 aromatic rings. The predicted molar refractivity (Wildman–Crippen MR) is 60.2 cm³/mol. The van der Waals surface area contributed by atoms with E-state index < -0.39 is 27.3 Å². The molecule has 0 heterocycles. The van der Waals surface area contributed by atoms with Crippen LogP contribution in [0.4, 0.5) is 0 Å². The molecule has 20 heavy (non-hydrogen) atoms. The number of rotatable bonds is 8. The van der Waals surface area contributed by atoms with Crippen LogP contribution in [0.2, 0.25) is 0 Å². The van der Waals surface area contributed by atoms with Crippen LogP contribution in [-0.4, -0.2) is 37.1 Å². The number of amides is 1. The van der Waals surface area contributed by atoms with Gasteiger partial charge in [0, 0.05) is 24.7 Å². The summed E-state index contributed by atoms with van der Waals surface area (Å²) in [5, 5.41) is 12.9. The van der Waals surface area contributed by atoms with Gasteiger partial charge in [0.1, 0.15) is 0 Å². The smallest absolute Gasteiger partial charge is 0.748 e. The summed E-state index contributed by atoms with van der Waals surface area (Å²) in [5.74, 6) is -2.15. The van der Waals surface area contributed by atoms with Crippen LogP contribution in [0.25, 0.3) is 0 Å². The molecule has 0 aromatic carbocycles. The summed E-state index contributed by atoms with van der Waals surface area (Å²) in [5.41, 5.74) is -0.729. The Morgan fingerprint density at radius 2 is 1.65 bits per heavy atom. The molecule has 106 valence electrons. The molecule has 7 nitrogen and oxygen atoms in total. The zero-order valence-electron chi connectivity index (χ0n) is 12.4. The van der Waals surface area contributed by atoms with Crippen LogP contribution in [0.1, 0.15) is 33.1 Å². The predicted octanol–water partition coefficient (Wildman–Crippen LogP) is -7.40. The number of carboxylic acid groups (broad SMARTS) is 1. The van der Waals surface area contributed by atoms with Gasteiger partial charge in [-0.25, -0.2) is 8.42 Å². The summed E-state index contributed by atoms with van der Waals surface area (Å²) >= 11 is 0. The van der Waals surface area contributed by atoms with E-state index in [0.717, 1.165) is 0 Å². The fourth-order valence-corrected chi connectivity index (χ4v) is 1.93. The Morgan fingerprint density at radius 3 is 2.05 bits per heavy atom. The van der Waals surface area contributed by atoms with Gasteiger partial charge in [0.25, 0.3) is 0 Å². The topological polar surface area (TPSA) is 126 Å². The minimum Gasteiger partial charge on any atom is -0.748 e. The number of carboxylic acids is 1. The fourth-order valence-electron chi connectivity index (χ4n) is 1.43. The number of aliphatic carboxylic acids is 1. The van der Waals surface area contributed by atoms with Crippen molar-refractivity contribution in [3.63, 3.8) is 0 Å². The summed E-state index contributed by atoms with van der Waals surface area (Å²) in [4.78, 5) is 21.8. The zero-order valence-corrected chi connectivity index (χ0v) is 17.2. The monoisotopic (exact) mass is 325 g/mol. The molecular formula is C10H17NNa2O6S. The largest absolute Gasteiger partial charge is 1.00 e. The Kier molecular flexibility index (Phi) is 14.7. The molecule has 0 bridgehead atoms. The van der Waals surface area contributed by atoms with Crippen molar-refractivity contribution >= 4 is 22.0 Å². The molecule has 0 saturated heterocycles. The first-order valence-corrected chi connectivity index (χ1v) is 7.00. The van der Waals surface area contributed by atoms with Gasteiger partial charge in [0.05, 0.1) is 10.1 Å². The molecular weight excluding hydrogens is 308 g/mol. The van der Waals surface area contributed by atoms with Crippen LogP contribution in [0, 0.1) is 5.41 Å². The van der Waals surface area contributed by atoms with Gasteiger partial charge in [-0.2, -0.15) is 0 Å². The van der Waals surface area contributed by atoms with Crippen LogP contribution >= 0.6 is 0 Å². The third-order valence-electron chi connectivity index (χ3n) is 2.16. The third kappa shape index (κ3) is 16.9. The summed E-state index contributed by atoms with van der Waals surface area (Å²) in [6, 6.07) is 0. The summed E-state index contributed by atoms with van der Waals surface area (Å²) in [6.45, 7) is 3.30. The number of carbonyl (C=O) groups excluding carboxylic acids is 2. The molecule has 0 rings (SSSR count). The molecule has 1 amide bonds. The first kappa shape index (κ1) is 25.8. The Hall–Kier alpha value is 0.850. The zero-order chi connectivity index (χ0) is 14.4. The van der Waals surface area contributed by atoms with Crippen molar-refractivity contribution in [1.82, 2.24) is 5.32 Å². The maximum absolute atomic E-state index is 11.4. The van der Waals surface area contributed by atoms with Crippen molar-refractivity contribution in [1.29, 1.82) is 0 Å². The van der Waals surface area contributed by atoms with Crippen LogP contribution in [0.5, 0.6) is 0 Å². The van der Waals surface area contributed by atoms with Crippen molar-refractivity contribution in [3.8, 4) is 0 Å². The van der Waals surface area contributed by atoms with Crippen LogP contribution in [-0.2, 0) is 19.7 Å². The average Bonchev–Trinajstić information content (AvgIpc) is 2.07. The van der Waals surface area contributed by atoms with Gasteiger partial charge >= 0.3 is 59.1 Å². The van der Waals surface area contributed by atoms with Crippen molar-refractivity contribution in [2.45, 2.75) is 33.1 Å². The number of nitrogens with one attached hydrogen (secondary N) is 1. The average molecular weight is 325 g/mol. The molecule has 1 N–H and O–H groups in total. The van der Waals surface area contributed by atoms with E-state index in [2.05, 4.69) is 5.32 Å². The summed E-state index contributed by atoms with van der Waals surface area (Å²) < 4.78 is 30.9. The molecule has 0 radical (unpaired) electrons. The van der Waals surface area contributed by atoms with E-state index in [4.69, 9.17) is 0 Å². The quantitative estimate of drug-likeness (QED) is 0.268. The molecule has 0 aliphatic carbocycles. The van der Waals surface area contributed by atoms with Crippen molar-refractivity contribution < 1.29 is 86.8 Å². The van der Waals surface area contributed by atoms with E-state index in [1.165, 1.54) is 0 Å². The molecule has 0 atom stereocenters. The second-order valence-corrected chi connectivity index (χ2v) is 6.38. The van der Waals surface area contributed by atoms with Gasteiger partial charge < -0.3 is 19.8 Å². The van der Waals surface area contributed by atoms with E-state index in [1.807, 2.05) is 0 Å². The van der Waals surface area contributed by atoms with E-state index >= 15 is 0 Å². The van der Waals surface area contributed by atoms with Crippen LogP contribution in [0.3, 0.4) is 0 Å². The first-order chi connectivity index (χ1) is 8.02. The standard InChI is InChI=1S/C10H19NO6S.2Na/c1-10(2,7-9(13)14)6-8(12)11-4-3-5-18(15,16)17;;/h3-7H2,1-2H3,(H,11,12)(H,13,14)(H,15,16,17);;/q;2*+1/p-2. The molecule has 0 aromatic heterocycles. The molecule has 0 aliphatic heterocycles. The fraction of sp³-hybridized carbons (Fsp3) is 0.800. The van der Waals surface area contributed by atoms with Crippen LogP contribution < -0.4 is 69.5 Å².